The number of allylic oxidation sites excluding steroid dienone is 1. The van der Waals surface area contributed by atoms with E-state index < -0.39 is 0 Å². The molecule has 0 atom stereocenters. The Morgan fingerprint density at radius 3 is 3.19 bits per heavy atom. The summed E-state index contributed by atoms with van der Waals surface area (Å²) in [6.07, 6.45) is 5.11. The Labute approximate surface area is 121 Å². The first kappa shape index (κ1) is 13.1. The molecule has 0 aliphatic rings. The van der Waals surface area contributed by atoms with E-state index in [9.17, 15) is 4.79 Å². The van der Waals surface area contributed by atoms with Crippen molar-refractivity contribution in [2.45, 2.75) is 13.5 Å². The van der Waals surface area contributed by atoms with Crippen molar-refractivity contribution < 1.29 is 4.79 Å². The number of aromatic amines is 1. The van der Waals surface area contributed by atoms with Gasteiger partial charge in [0.1, 0.15) is 5.52 Å². The van der Waals surface area contributed by atoms with Crippen molar-refractivity contribution in [2.75, 3.05) is 5.32 Å². The molecule has 2 N–H and O–H groups in total. The predicted molar refractivity (Wildman–Crippen MR) is 81.2 cm³/mol. The zero-order chi connectivity index (χ0) is 14.8. The van der Waals surface area contributed by atoms with Gasteiger partial charge in [-0.05, 0) is 13.0 Å². The van der Waals surface area contributed by atoms with E-state index >= 15 is 0 Å². The standard InChI is InChI=1S/C15H15N5O/c1-3-7-20-9-11(8-16-20)17-15(21)13-6-4-5-12-10(2)18-19-14(12)13/h3-6,8-9H,1,7H2,2H3,(H,17,21)(H,18,19). The molecule has 2 aromatic heterocycles. The highest BCUT2D eigenvalue weighted by atomic mass is 16.1. The maximum Gasteiger partial charge on any atom is 0.258 e. The first-order valence-corrected chi connectivity index (χ1v) is 6.57. The first-order valence-electron chi connectivity index (χ1n) is 6.57. The highest BCUT2D eigenvalue weighted by molar-refractivity contribution is 6.12. The van der Waals surface area contributed by atoms with Crippen molar-refractivity contribution in [1.82, 2.24) is 20.0 Å². The maximum atomic E-state index is 12.4. The number of aromatic nitrogens is 4. The van der Waals surface area contributed by atoms with Gasteiger partial charge in [0.15, 0.2) is 0 Å². The molecule has 0 saturated carbocycles. The summed E-state index contributed by atoms with van der Waals surface area (Å²) < 4.78 is 1.70. The molecule has 6 heteroatoms. The lowest BCUT2D eigenvalue weighted by Gasteiger charge is -2.03. The van der Waals surface area contributed by atoms with Crippen LogP contribution in [0.1, 0.15) is 16.1 Å². The van der Waals surface area contributed by atoms with Crippen molar-refractivity contribution in [3.8, 4) is 0 Å². The van der Waals surface area contributed by atoms with E-state index in [4.69, 9.17) is 0 Å². The molecule has 0 saturated heterocycles. The number of nitrogens with zero attached hydrogens (tertiary/aromatic N) is 3. The number of aryl methyl sites for hydroxylation is 1. The Morgan fingerprint density at radius 2 is 2.38 bits per heavy atom. The molecule has 6 nitrogen and oxygen atoms in total. The molecule has 0 radical (unpaired) electrons. The third-order valence-corrected chi connectivity index (χ3v) is 3.23. The maximum absolute atomic E-state index is 12.4. The summed E-state index contributed by atoms with van der Waals surface area (Å²) >= 11 is 0. The summed E-state index contributed by atoms with van der Waals surface area (Å²) in [4.78, 5) is 12.4. The summed E-state index contributed by atoms with van der Waals surface area (Å²) in [6, 6.07) is 5.54. The number of hydrogen-bond donors (Lipinski definition) is 2. The number of amides is 1. The Morgan fingerprint density at radius 1 is 1.52 bits per heavy atom. The largest absolute Gasteiger partial charge is 0.319 e. The number of H-pyrrole nitrogens is 1. The van der Waals surface area contributed by atoms with E-state index in [0.29, 0.717) is 23.3 Å². The van der Waals surface area contributed by atoms with Crippen LogP contribution in [-0.4, -0.2) is 25.9 Å². The fourth-order valence-corrected chi connectivity index (χ4v) is 2.21. The molecular weight excluding hydrogens is 266 g/mol. The lowest BCUT2D eigenvalue weighted by molar-refractivity contribution is 0.102. The lowest BCUT2D eigenvalue weighted by Crippen LogP contribution is -2.12. The number of carbonyl (C=O) groups is 1. The topological polar surface area (TPSA) is 75.6 Å². The van der Waals surface area contributed by atoms with Crippen LogP contribution in [0.25, 0.3) is 10.9 Å². The van der Waals surface area contributed by atoms with Crippen LogP contribution in [0.3, 0.4) is 0 Å². The normalized spacial score (nSPS) is 10.7. The molecule has 3 aromatic rings. The molecule has 0 spiro atoms. The smallest absolute Gasteiger partial charge is 0.258 e. The highest BCUT2D eigenvalue weighted by Crippen LogP contribution is 2.20. The minimum Gasteiger partial charge on any atom is -0.319 e. The molecule has 1 amide bonds. The van der Waals surface area contributed by atoms with E-state index in [2.05, 4.69) is 27.2 Å². The van der Waals surface area contributed by atoms with Crippen LogP contribution in [0, 0.1) is 6.92 Å². The van der Waals surface area contributed by atoms with Gasteiger partial charge in [-0.1, -0.05) is 18.2 Å². The monoisotopic (exact) mass is 281 g/mol. The Bertz CT molecular complexity index is 814. The number of para-hydroxylation sites is 1. The van der Waals surface area contributed by atoms with Crippen LogP contribution in [0.15, 0.2) is 43.2 Å². The zero-order valence-electron chi connectivity index (χ0n) is 11.6. The molecule has 106 valence electrons. The van der Waals surface area contributed by atoms with Gasteiger partial charge in [0.25, 0.3) is 5.91 Å². The lowest BCUT2D eigenvalue weighted by atomic mass is 10.1. The van der Waals surface area contributed by atoms with Crippen LogP contribution in [-0.2, 0) is 6.54 Å². The number of carbonyl (C=O) groups excluding carboxylic acids is 1. The molecule has 1 aromatic carbocycles. The second-order valence-electron chi connectivity index (χ2n) is 4.74. The van der Waals surface area contributed by atoms with Gasteiger partial charge in [-0.2, -0.15) is 10.2 Å². The number of fused-ring (bicyclic) bond motifs is 1. The summed E-state index contributed by atoms with van der Waals surface area (Å²) in [5, 5.41) is 15.0. The third-order valence-electron chi connectivity index (χ3n) is 3.23. The number of nitrogens with one attached hydrogen (secondary N) is 2. The predicted octanol–water partition coefficient (Wildman–Crippen LogP) is 2.51. The van der Waals surface area contributed by atoms with Gasteiger partial charge in [0.2, 0.25) is 0 Å². The molecule has 0 unspecified atom stereocenters. The number of hydrogen-bond acceptors (Lipinski definition) is 3. The van der Waals surface area contributed by atoms with Crippen molar-refractivity contribution in [1.29, 1.82) is 0 Å². The third kappa shape index (κ3) is 2.43. The van der Waals surface area contributed by atoms with Gasteiger partial charge < -0.3 is 5.32 Å². The Kier molecular flexibility index (Phi) is 3.27. The van der Waals surface area contributed by atoms with Crippen molar-refractivity contribution in [3.05, 3.63) is 54.5 Å². The Hall–Kier alpha value is -2.89. The summed E-state index contributed by atoms with van der Waals surface area (Å²) in [5.74, 6) is -0.203. The van der Waals surface area contributed by atoms with Gasteiger partial charge in [0.05, 0.1) is 24.0 Å². The van der Waals surface area contributed by atoms with Crippen LogP contribution < -0.4 is 5.32 Å². The van der Waals surface area contributed by atoms with E-state index in [0.717, 1.165) is 11.1 Å². The quantitative estimate of drug-likeness (QED) is 0.721. The van der Waals surface area contributed by atoms with E-state index in [-0.39, 0.29) is 5.91 Å². The molecule has 21 heavy (non-hydrogen) atoms. The molecule has 0 aliphatic carbocycles. The van der Waals surface area contributed by atoms with Gasteiger partial charge in [-0.15, -0.1) is 6.58 Å². The molecule has 0 bridgehead atoms. The average molecular weight is 281 g/mol. The van der Waals surface area contributed by atoms with Crippen molar-refractivity contribution >= 4 is 22.5 Å². The van der Waals surface area contributed by atoms with Crippen LogP contribution in [0.4, 0.5) is 5.69 Å². The minimum atomic E-state index is -0.203. The molecule has 0 aliphatic heterocycles. The van der Waals surface area contributed by atoms with Gasteiger partial charge in [0, 0.05) is 17.3 Å². The van der Waals surface area contributed by atoms with Crippen LogP contribution in [0.5, 0.6) is 0 Å². The fourth-order valence-electron chi connectivity index (χ4n) is 2.21. The summed E-state index contributed by atoms with van der Waals surface area (Å²) in [5.41, 5.74) is 2.80. The van der Waals surface area contributed by atoms with Gasteiger partial charge in [-0.3, -0.25) is 14.6 Å². The van der Waals surface area contributed by atoms with Crippen molar-refractivity contribution in [3.63, 3.8) is 0 Å². The summed E-state index contributed by atoms with van der Waals surface area (Å²) in [6.45, 7) is 6.18. The second kappa shape index (κ2) is 5.24. The SMILES string of the molecule is C=CCn1cc(NC(=O)c2cccc3c(C)[nH]nc23)cn1. The fraction of sp³-hybridized carbons (Fsp3) is 0.133. The number of benzene rings is 1. The molecule has 2 heterocycles. The van der Waals surface area contributed by atoms with E-state index in [1.807, 2.05) is 19.1 Å². The highest BCUT2D eigenvalue weighted by Gasteiger charge is 2.14. The molecule has 0 fully saturated rings. The van der Waals surface area contributed by atoms with Gasteiger partial charge >= 0.3 is 0 Å². The molecular formula is C15H15N5O. The van der Waals surface area contributed by atoms with Crippen molar-refractivity contribution in [2.24, 2.45) is 0 Å². The van der Waals surface area contributed by atoms with E-state index in [1.165, 1.54) is 0 Å². The zero-order valence-corrected chi connectivity index (χ0v) is 11.6. The second-order valence-corrected chi connectivity index (χ2v) is 4.74. The summed E-state index contributed by atoms with van der Waals surface area (Å²) in [7, 11) is 0. The minimum absolute atomic E-state index is 0.203. The number of anilines is 1. The average Bonchev–Trinajstić information content (AvgIpc) is 3.07. The van der Waals surface area contributed by atoms with Gasteiger partial charge in [-0.25, -0.2) is 0 Å². The molecule has 3 rings (SSSR count). The van der Waals surface area contributed by atoms with Crippen LogP contribution in [0.2, 0.25) is 0 Å². The first-order chi connectivity index (χ1) is 10.2. The van der Waals surface area contributed by atoms with E-state index in [1.54, 1.807) is 29.2 Å². The Balaban J connectivity index is 1.88. The number of rotatable bonds is 4. The van der Waals surface area contributed by atoms with Crippen LogP contribution >= 0.6 is 0 Å².